The van der Waals surface area contributed by atoms with E-state index in [9.17, 15) is 9.59 Å². The standard InChI is InChI=1S/C15H20N2O4/c1-16-5-7-17(8-6-16)14(18)11-21-13-4-2-3-12(9-13)10-15(19)20/h2-4,9H,5-8,10-11H2,1H3,(H,19,20). The molecule has 1 aromatic rings. The van der Waals surface area contributed by atoms with Gasteiger partial charge in [-0.1, -0.05) is 12.1 Å². The van der Waals surface area contributed by atoms with Crippen molar-refractivity contribution < 1.29 is 19.4 Å². The highest BCUT2D eigenvalue weighted by atomic mass is 16.5. The number of rotatable bonds is 5. The average Bonchev–Trinajstić information content (AvgIpc) is 2.45. The summed E-state index contributed by atoms with van der Waals surface area (Å²) in [4.78, 5) is 26.7. The van der Waals surface area contributed by atoms with Crippen LogP contribution >= 0.6 is 0 Å². The third kappa shape index (κ3) is 4.75. The third-order valence-corrected chi connectivity index (χ3v) is 3.47. The van der Waals surface area contributed by atoms with Gasteiger partial charge < -0.3 is 19.6 Å². The third-order valence-electron chi connectivity index (χ3n) is 3.47. The highest BCUT2D eigenvalue weighted by Gasteiger charge is 2.19. The second-order valence-corrected chi connectivity index (χ2v) is 5.19. The van der Waals surface area contributed by atoms with Crippen LogP contribution in [0.15, 0.2) is 24.3 Å². The number of nitrogens with zero attached hydrogens (tertiary/aromatic N) is 2. The predicted octanol–water partition coefficient (Wildman–Crippen LogP) is 0.466. The fourth-order valence-corrected chi connectivity index (χ4v) is 2.21. The lowest BCUT2D eigenvalue weighted by Crippen LogP contribution is -2.48. The van der Waals surface area contributed by atoms with E-state index in [-0.39, 0.29) is 18.9 Å². The maximum absolute atomic E-state index is 12.0. The summed E-state index contributed by atoms with van der Waals surface area (Å²) in [6.45, 7) is 3.18. The maximum Gasteiger partial charge on any atom is 0.307 e. The van der Waals surface area contributed by atoms with Crippen molar-refractivity contribution in [3.8, 4) is 5.75 Å². The van der Waals surface area contributed by atoms with Gasteiger partial charge in [0.15, 0.2) is 6.61 Å². The molecule has 114 valence electrons. The zero-order valence-electron chi connectivity index (χ0n) is 12.1. The number of hydrogen-bond acceptors (Lipinski definition) is 4. The molecule has 1 fully saturated rings. The Hall–Kier alpha value is -2.08. The van der Waals surface area contributed by atoms with Crippen LogP contribution < -0.4 is 4.74 Å². The van der Waals surface area contributed by atoms with E-state index < -0.39 is 5.97 Å². The molecule has 6 nitrogen and oxygen atoms in total. The summed E-state index contributed by atoms with van der Waals surface area (Å²) in [5.74, 6) is -0.399. The van der Waals surface area contributed by atoms with Gasteiger partial charge in [0.1, 0.15) is 5.75 Å². The van der Waals surface area contributed by atoms with Crippen LogP contribution in [0, 0.1) is 0 Å². The predicted molar refractivity (Wildman–Crippen MR) is 77.4 cm³/mol. The molecule has 1 amide bonds. The Morgan fingerprint density at radius 1 is 1.24 bits per heavy atom. The number of hydrogen-bond donors (Lipinski definition) is 1. The van der Waals surface area contributed by atoms with Gasteiger partial charge in [-0.05, 0) is 24.7 Å². The molecule has 0 radical (unpaired) electrons. The number of piperazine rings is 1. The first-order valence-corrected chi connectivity index (χ1v) is 6.94. The van der Waals surface area contributed by atoms with Gasteiger partial charge in [-0.3, -0.25) is 9.59 Å². The van der Waals surface area contributed by atoms with Crippen molar-refractivity contribution in [1.29, 1.82) is 0 Å². The lowest BCUT2D eigenvalue weighted by molar-refractivity contribution is -0.136. The second kappa shape index (κ2) is 7.08. The minimum atomic E-state index is -0.888. The fraction of sp³-hybridized carbons (Fsp3) is 0.467. The lowest BCUT2D eigenvalue weighted by Gasteiger charge is -2.32. The first-order chi connectivity index (χ1) is 10.0. The van der Waals surface area contributed by atoms with E-state index in [0.29, 0.717) is 11.3 Å². The Balaban J connectivity index is 1.85. The van der Waals surface area contributed by atoms with E-state index >= 15 is 0 Å². The molecule has 0 aromatic heterocycles. The molecule has 0 aliphatic carbocycles. The molecule has 1 aliphatic heterocycles. The Labute approximate surface area is 123 Å². The van der Waals surface area contributed by atoms with Crippen molar-refractivity contribution >= 4 is 11.9 Å². The molecule has 1 aliphatic rings. The number of carboxylic acids is 1. The first kappa shape index (κ1) is 15.3. The number of carbonyl (C=O) groups excluding carboxylic acids is 1. The van der Waals surface area contributed by atoms with Crippen molar-refractivity contribution in [3.63, 3.8) is 0 Å². The number of amides is 1. The highest BCUT2D eigenvalue weighted by molar-refractivity contribution is 5.78. The topological polar surface area (TPSA) is 70.1 Å². The summed E-state index contributed by atoms with van der Waals surface area (Å²) in [6, 6.07) is 6.84. The van der Waals surface area contributed by atoms with E-state index in [1.807, 2.05) is 7.05 Å². The molecule has 1 aromatic carbocycles. The van der Waals surface area contributed by atoms with E-state index in [0.717, 1.165) is 26.2 Å². The van der Waals surface area contributed by atoms with Crippen LogP contribution in [0.1, 0.15) is 5.56 Å². The molecule has 0 unspecified atom stereocenters. The molecule has 6 heteroatoms. The number of carbonyl (C=O) groups is 2. The lowest BCUT2D eigenvalue weighted by atomic mass is 10.1. The molecule has 0 spiro atoms. The Morgan fingerprint density at radius 3 is 2.62 bits per heavy atom. The average molecular weight is 292 g/mol. The zero-order valence-corrected chi connectivity index (χ0v) is 12.1. The molecule has 0 saturated carbocycles. The Morgan fingerprint density at radius 2 is 1.95 bits per heavy atom. The minimum Gasteiger partial charge on any atom is -0.484 e. The zero-order chi connectivity index (χ0) is 15.2. The number of benzene rings is 1. The van der Waals surface area contributed by atoms with Gasteiger partial charge >= 0.3 is 5.97 Å². The van der Waals surface area contributed by atoms with E-state index in [2.05, 4.69) is 4.90 Å². The SMILES string of the molecule is CN1CCN(C(=O)COc2cccc(CC(=O)O)c2)CC1. The molecule has 0 bridgehead atoms. The molecule has 1 heterocycles. The molecule has 2 rings (SSSR count). The number of likely N-dealkylation sites (N-methyl/N-ethyl adjacent to an activating group) is 1. The van der Waals surface area contributed by atoms with Crippen molar-refractivity contribution in [2.24, 2.45) is 0 Å². The van der Waals surface area contributed by atoms with Crippen LogP contribution in [-0.4, -0.2) is 66.6 Å². The summed E-state index contributed by atoms with van der Waals surface area (Å²) in [7, 11) is 2.03. The molecular formula is C15H20N2O4. The Bertz CT molecular complexity index is 510. The second-order valence-electron chi connectivity index (χ2n) is 5.19. The maximum atomic E-state index is 12.0. The first-order valence-electron chi connectivity index (χ1n) is 6.94. The largest absolute Gasteiger partial charge is 0.484 e. The van der Waals surface area contributed by atoms with Crippen LogP contribution in [0.5, 0.6) is 5.75 Å². The normalized spacial score (nSPS) is 15.8. The molecule has 1 N–H and O–H groups in total. The summed E-state index contributed by atoms with van der Waals surface area (Å²) in [5, 5.41) is 8.76. The van der Waals surface area contributed by atoms with Gasteiger partial charge in [0, 0.05) is 26.2 Å². The summed E-state index contributed by atoms with van der Waals surface area (Å²) in [5.41, 5.74) is 0.659. The number of aliphatic carboxylic acids is 1. The van der Waals surface area contributed by atoms with Crippen LogP contribution in [0.3, 0.4) is 0 Å². The van der Waals surface area contributed by atoms with Gasteiger partial charge in [0.25, 0.3) is 5.91 Å². The van der Waals surface area contributed by atoms with Crippen molar-refractivity contribution in [2.75, 3.05) is 39.8 Å². The van der Waals surface area contributed by atoms with Crippen LogP contribution in [0.4, 0.5) is 0 Å². The smallest absolute Gasteiger partial charge is 0.307 e. The van der Waals surface area contributed by atoms with Crippen LogP contribution in [0.2, 0.25) is 0 Å². The number of ether oxygens (including phenoxy) is 1. The highest BCUT2D eigenvalue weighted by Crippen LogP contribution is 2.14. The monoisotopic (exact) mass is 292 g/mol. The minimum absolute atomic E-state index is 0.0137. The summed E-state index contributed by atoms with van der Waals surface area (Å²) < 4.78 is 5.47. The fourth-order valence-electron chi connectivity index (χ4n) is 2.21. The van der Waals surface area contributed by atoms with Gasteiger partial charge in [-0.15, -0.1) is 0 Å². The van der Waals surface area contributed by atoms with Crippen molar-refractivity contribution in [3.05, 3.63) is 29.8 Å². The summed E-state index contributed by atoms with van der Waals surface area (Å²) >= 11 is 0. The van der Waals surface area contributed by atoms with E-state index in [1.165, 1.54) is 0 Å². The molecule has 0 atom stereocenters. The van der Waals surface area contributed by atoms with Crippen molar-refractivity contribution in [2.45, 2.75) is 6.42 Å². The van der Waals surface area contributed by atoms with Crippen LogP contribution in [0.25, 0.3) is 0 Å². The van der Waals surface area contributed by atoms with E-state index in [4.69, 9.17) is 9.84 Å². The van der Waals surface area contributed by atoms with Crippen LogP contribution in [-0.2, 0) is 16.0 Å². The van der Waals surface area contributed by atoms with Gasteiger partial charge in [-0.2, -0.15) is 0 Å². The molecule has 1 saturated heterocycles. The van der Waals surface area contributed by atoms with E-state index in [1.54, 1.807) is 29.2 Å². The van der Waals surface area contributed by atoms with Gasteiger partial charge in [-0.25, -0.2) is 0 Å². The Kier molecular flexibility index (Phi) is 5.16. The van der Waals surface area contributed by atoms with Crippen molar-refractivity contribution in [1.82, 2.24) is 9.80 Å². The molecule has 21 heavy (non-hydrogen) atoms. The number of carboxylic acid groups (broad SMARTS) is 1. The van der Waals surface area contributed by atoms with Gasteiger partial charge in [0.05, 0.1) is 6.42 Å². The quantitative estimate of drug-likeness (QED) is 0.854. The summed E-state index contributed by atoms with van der Waals surface area (Å²) in [6.07, 6.45) is -0.0520. The molecular weight excluding hydrogens is 272 g/mol. The van der Waals surface area contributed by atoms with Gasteiger partial charge in [0.2, 0.25) is 0 Å².